The van der Waals surface area contributed by atoms with Gasteiger partial charge in [0.05, 0.1) is 11.0 Å². The number of phenols is 1. The zero-order valence-corrected chi connectivity index (χ0v) is 20.1. The minimum absolute atomic E-state index is 0.137. The Bertz CT molecular complexity index is 1130. The van der Waals surface area contributed by atoms with Gasteiger partial charge in [-0.05, 0) is 80.2 Å². The molecule has 0 aromatic heterocycles. The Hall–Kier alpha value is -2.08. The van der Waals surface area contributed by atoms with E-state index in [2.05, 4.69) is 47.5 Å². The van der Waals surface area contributed by atoms with Crippen molar-refractivity contribution in [1.29, 1.82) is 0 Å². The first-order chi connectivity index (χ1) is 16.5. The molecule has 0 amide bonds. The fraction of sp³-hybridized carbons (Fsp3) is 0.586. The van der Waals surface area contributed by atoms with Gasteiger partial charge in [0.2, 0.25) is 0 Å². The van der Waals surface area contributed by atoms with Gasteiger partial charge in [0.25, 0.3) is 0 Å². The number of hydrogen-bond acceptors (Lipinski definition) is 5. The highest BCUT2D eigenvalue weighted by atomic mass is 16.5. The summed E-state index contributed by atoms with van der Waals surface area (Å²) in [4.78, 5) is 2.60. The molecule has 3 aliphatic carbocycles. The van der Waals surface area contributed by atoms with Crippen molar-refractivity contribution in [2.45, 2.75) is 87.6 Å². The smallest absolute Gasteiger partial charge is 0.165 e. The molecule has 5 nitrogen and oxygen atoms in total. The van der Waals surface area contributed by atoms with Crippen LogP contribution in [0, 0.1) is 5.92 Å². The van der Waals surface area contributed by atoms with Crippen molar-refractivity contribution >= 4 is 0 Å². The molecule has 7 rings (SSSR count). The minimum atomic E-state index is -0.809. The lowest BCUT2D eigenvalue weighted by molar-refractivity contribution is -0.191. The van der Waals surface area contributed by atoms with Gasteiger partial charge in [0.15, 0.2) is 11.5 Å². The van der Waals surface area contributed by atoms with Crippen LogP contribution in [0.4, 0.5) is 0 Å². The van der Waals surface area contributed by atoms with Gasteiger partial charge in [-0.2, -0.15) is 0 Å². The van der Waals surface area contributed by atoms with E-state index in [9.17, 15) is 10.2 Å². The van der Waals surface area contributed by atoms with Crippen molar-refractivity contribution < 1.29 is 14.9 Å². The number of ether oxygens (including phenoxy) is 1. The van der Waals surface area contributed by atoms with E-state index in [4.69, 9.17) is 4.74 Å². The summed E-state index contributed by atoms with van der Waals surface area (Å²) < 4.78 is 6.67. The van der Waals surface area contributed by atoms with Gasteiger partial charge in [-0.25, -0.2) is 0 Å². The SMILES string of the molecule is CCc1ccccc1CN[C@@H]1CC[C@@]2(O)[C@H]3Cc4ccc(O)c5c4[C@@]2(CCN3CC2CC2)[C@H]1O5. The molecule has 2 bridgehead atoms. The first-order valence-corrected chi connectivity index (χ1v) is 13.3. The standard InChI is InChI=1S/C29H36N2O3/c1-2-19-5-3-4-6-21(19)16-30-22-11-12-29(33)24-15-20-9-10-23(32)26-25(20)28(29,27(22)34-26)13-14-31(24)17-18-7-8-18/h3-6,9-10,18,22,24,27,30,32-33H,2,7-8,11-17H2,1H3/t22-,24-,27+,28+,29-/m1/s1. The van der Waals surface area contributed by atoms with Crippen LogP contribution in [0.5, 0.6) is 11.5 Å². The normalized spacial score (nSPS) is 35.6. The Morgan fingerprint density at radius 3 is 2.71 bits per heavy atom. The van der Waals surface area contributed by atoms with Gasteiger partial charge in [-0.15, -0.1) is 0 Å². The molecule has 3 fully saturated rings. The Morgan fingerprint density at radius 2 is 1.91 bits per heavy atom. The van der Waals surface area contributed by atoms with Crippen LogP contribution in [0.3, 0.4) is 0 Å². The Balaban J connectivity index is 1.27. The number of piperidine rings is 1. The number of rotatable bonds is 6. The first-order valence-electron chi connectivity index (χ1n) is 13.3. The van der Waals surface area contributed by atoms with Crippen LogP contribution < -0.4 is 10.1 Å². The number of hydrogen-bond donors (Lipinski definition) is 3. The van der Waals surface area contributed by atoms with Gasteiger partial charge >= 0.3 is 0 Å². The maximum Gasteiger partial charge on any atom is 0.165 e. The number of likely N-dealkylation sites (tertiary alicyclic amines) is 1. The summed E-state index contributed by atoms with van der Waals surface area (Å²) in [7, 11) is 0. The van der Waals surface area contributed by atoms with E-state index >= 15 is 0 Å². The van der Waals surface area contributed by atoms with Crippen LogP contribution >= 0.6 is 0 Å². The molecule has 1 saturated heterocycles. The van der Waals surface area contributed by atoms with E-state index in [1.54, 1.807) is 6.07 Å². The monoisotopic (exact) mass is 460 g/mol. The van der Waals surface area contributed by atoms with Gasteiger partial charge in [0.1, 0.15) is 6.10 Å². The van der Waals surface area contributed by atoms with Crippen LogP contribution in [-0.2, 0) is 24.8 Å². The summed E-state index contributed by atoms with van der Waals surface area (Å²) in [6.07, 6.45) is 6.93. The van der Waals surface area contributed by atoms with Crippen LogP contribution in [0.1, 0.15) is 61.3 Å². The summed E-state index contributed by atoms with van der Waals surface area (Å²) in [5, 5.41) is 27.2. The fourth-order valence-corrected chi connectivity index (χ4v) is 8.01. The van der Waals surface area contributed by atoms with Crippen molar-refractivity contribution in [3.8, 4) is 11.5 Å². The second-order valence-electron chi connectivity index (χ2n) is 11.4. The quantitative estimate of drug-likeness (QED) is 0.614. The average molecular weight is 461 g/mol. The first kappa shape index (κ1) is 21.2. The van der Waals surface area contributed by atoms with Crippen molar-refractivity contribution in [3.63, 3.8) is 0 Å². The summed E-state index contributed by atoms with van der Waals surface area (Å²) in [5.74, 6) is 1.66. The molecular formula is C29H36N2O3. The third-order valence-corrected chi connectivity index (χ3v) is 9.82. The topological polar surface area (TPSA) is 65.0 Å². The molecule has 3 N–H and O–H groups in total. The second kappa shape index (κ2) is 7.46. The van der Waals surface area contributed by atoms with Crippen LogP contribution in [-0.4, -0.2) is 52.0 Å². The van der Waals surface area contributed by atoms with E-state index in [0.717, 1.165) is 63.2 Å². The summed E-state index contributed by atoms with van der Waals surface area (Å²) in [6, 6.07) is 12.8. The van der Waals surface area contributed by atoms with Crippen LogP contribution in [0.2, 0.25) is 0 Å². The molecule has 0 radical (unpaired) electrons. The molecule has 2 heterocycles. The van der Waals surface area contributed by atoms with Gasteiger partial charge in [-0.3, -0.25) is 4.90 Å². The van der Waals surface area contributed by atoms with Crippen molar-refractivity contribution in [2.24, 2.45) is 5.92 Å². The molecule has 180 valence electrons. The van der Waals surface area contributed by atoms with E-state index in [-0.39, 0.29) is 23.9 Å². The highest BCUT2D eigenvalue weighted by Crippen LogP contribution is 2.65. The fourth-order valence-electron chi connectivity index (χ4n) is 8.01. The van der Waals surface area contributed by atoms with Crippen molar-refractivity contribution in [2.75, 3.05) is 13.1 Å². The molecular weight excluding hydrogens is 424 g/mol. The summed E-state index contributed by atoms with van der Waals surface area (Å²) in [6.45, 7) is 5.13. The zero-order chi connectivity index (χ0) is 23.1. The van der Waals surface area contributed by atoms with Crippen molar-refractivity contribution in [1.82, 2.24) is 10.2 Å². The molecule has 2 aliphatic heterocycles. The predicted octanol–water partition coefficient (Wildman–Crippen LogP) is 3.68. The average Bonchev–Trinajstić information content (AvgIpc) is 3.59. The number of nitrogens with one attached hydrogen (secondary N) is 1. The lowest BCUT2D eigenvalue weighted by Gasteiger charge is -2.64. The van der Waals surface area contributed by atoms with Crippen LogP contribution in [0.15, 0.2) is 36.4 Å². The number of aromatic hydroxyl groups is 1. The molecule has 5 heteroatoms. The number of nitrogens with zero attached hydrogens (tertiary/aromatic N) is 1. The molecule has 2 saturated carbocycles. The molecule has 2 aromatic carbocycles. The summed E-state index contributed by atoms with van der Waals surface area (Å²) >= 11 is 0. The summed E-state index contributed by atoms with van der Waals surface area (Å²) in [5.41, 5.74) is 3.84. The van der Waals surface area contributed by atoms with Gasteiger partial charge < -0.3 is 20.3 Å². The third kappa shape index (κ3) is 2.78. The lowest BCUT2D eigenvalue weighted by atomic mass is 9.48. The predicted molar refractivity (Wildman–Crippen MR) is 131 cm³/mol. The van der Waals surface area contributed by atoms with Crippen LogP contribution in [0.25, 0.3) is 0 Å². The highest BCUT2D eigenvalue weighted by Gasteiger charge is 2.72. The Kier molecular flexibility index (Phi) is 4.66. The van der Waals surface area contributed by atoms with Gasteiger partial charge in [-0.1, -0.05) is 37.3 Å². The molecule has 1 spiro atoms. The number of benzene rings is 2. The number of aryl methyl sites for hydroxylation is 1. The largest absolute Gasteiger partial charge is 0.504 e. The molecule has 34 heavy (non-hydrogen) atoms. The molecule has 0 unspecified atom stereocenters. The molecule has 2 aromatic rings. The maximum absolute atomic E-state index is 12.6. The minimum Gasteiger partial charge on any atom is -0.504 e. The lowest BCUT2D eigenvalue weighted by Crippen LogP contribution is -2.78. The zero-order valence-electron chi connectivity index (χ0n) is 20.1. The number of aliphatic hydroxyl groups is 1. The Labute approximate surface area is 202 Å². The van der Waals surface area contributed by atoms with E-state index < -0.39 is 11.0 Å². The highest BCUT2D eigenvalue weighted by molar-refractivity contribution is 5.62. The third-order valence-electron chi connectivity index (χ3n) is 9.82. The van der Waals surface area contributed by atoms with E-state index in [0.29, 0.717) is 5.75 Å². The van der Waals surface area contributed by atoms with Crippen molar-refractivity contribution in [3.05, 3.63) is 58.7 Å². The second-order valence-corrected chi connectivity index (χ2v) is 11.4. The maximum atomic E-state index is 12.6. The van der Waals surface area contributed by atoms with E-state index in [1.807, 2.05) is 0 Å². The number of phenolic OH excluding ortho intramolecular Hbond substituents is 1. The molecule has 5 aliphatic rings. The molecule has 5 atom stereocenters. The Morgan fingerprint density at radius 1 is 1.09 bits per heavy atom. The van der Waals surface area contributed by atoms with E-state index in [1.165, 1.54) is 29.5 Å². The van der Waals surface area contributed by atoms with Gasteiger partial charge in [0, 0.05) is 30.7 Å².